The topological polar surface area (TPSA) is 61.6 Å². The lowest BCUT2D eigenvalue weighted by atomic mass is 10.3. The van der Waals surface area contributed by atoms with E-state index in [0.717, 1.165) is 0 Å². The molecule has 0 aliphatic rings. The molecule has 1 rings (SSSR count). The fraction of sp³-hybridized carbons (Fsp3) is 0.400. The van der Waals surface area contributed by atoms with Gasteiger partial charge in [0.15, 0.2) is 5.75 Å². The summed E-state index contributed by atoms with van der Waals surface area (Å²) >= 11 is 5.73. The zero-order chi connectivity index (χ0) is 12.1. The summed E-state index contributed by atoms with van der Waals surface area (Å²) in [5.41, 5.74) is -0.216. The van der Waals surface area contributed by atoms with Gasteiger partial charge in [0, 0.05) is 7.11 Å². The third kappa shape index (κ3) is 3.08. The van der Waals surface area contributed by atoms with Crippen molar-refractivity contribution in [1.29, 1.82) is 0 Å². The second-order valence-corrected chi connectivity index (χ2v) is 3.63. The number of ether oxygens (including phenoxy) is 2. The Kier molecular flexibility index (Phi) is 4.52. The maximum absolute atomic E-state index is 10.8. The van der Waals surface area contributed by atoms with Crippen LogP contribution < -0.4 is 4.74 Å². The average Bonchev–Trinajstić information content (AvgIpc) is 2.17. The summed E-state index contributed by atoms with van der Waals surface area (Å²) in [6.07, 6.45) is -0.276. The number of methoxy groups -OCH3 is 1. The van der Waals surface area contributed by atoms with Crippen LogP contribution in [0.5, 0.6) is 5.75 Å². The average molecular weight is 246 g/mol. The van der Waals surface area contributed by atoms with Crippen LogP contribution in [-0.4, -0.2) is 24.7 Å². The predicted molar refractivity (Wildman–Crippen MR) is 60.1 cm³/mol. The van der Waals surface area contributed by atoms with Gasteiger partial charge in [-0.15, -0.1) is 0 Å². The lowest BCUT2D eigenvalue weighted by molar-refractivity contribution is -0.385. The van der Waals surface area contributed by atoms with E-state index in [1.807, 2.05) is 0 Å². The van der Waals surface area contributed by atoms with Crippen molar-refractivity contribution in [2.24, 2.45) is 0 Å². The highest BCUT2D eigenvalue weighted by atomic mass is 35.5. The highest BCUT2D eigenvalue weighted by molar-refractivity contribution is 6.32. The maximum Gasteiger partial charge on any atom is 0.329 e. The second-order valence-electron chi connectivity index (χ2n) is 3.23. The Bertz CT molecular complexity index is 383. The van der Waals surface area contributed by atoms with Gasteiger partial charge in [-0.3, -0.25) is 10.1 Å². The van der Waals surface area contributed by atoms with Crippen molar-refractivity contribution < 1.29 is 14.4 Å². The Balaban J connectivity index is 2.95. The van der Waals surface area contributed by atoms with Crippen molar-refractivity contribution in [2.45, 2.75) is 13.0 Å². The maximum atomic E-state index is 10.8. The Morgan fingerprint density at radius 2 is 2.25 bits per heavy atom. The Hall–Kier alpha value is -1.33. The normalized spacial score (nSPS) is 12.2. The Morgan fingerprint density at radius 3 is 2.81 bits per heavy atom. The van der Waals surface area contributed by atoms with Crippen LogP contribution in [0.2, 0.25) is 5.02 Å². The minimum Gasteiger partial charge on any atom is -0.481 e. The summed E-state index contributed by atoms with van der Waals surface area (Å²) in [7, 11) is 1.53. The first-order valence-corrected chi connectivity index (χ1v) is 5.02. The van der Waals surface area contributed by atoms with Gasteiger partial charge in [0.25, 0.3) is 0 Å². The van der Waals surface area contributed by atoms with Gasteiger partial charge in [-0.25, -0.2) is 0 Å². The summed E-state index contributed by atoms with van der Waals surface area (Å²) in [6.45, 7) is 2.11. The molecule has 0 saturated carbocycles. The number of hydrogen-bond acceptors (Lipinski definition) is 4. The highest BCUT2D eigenvalue weighted by Crippen LogP contribution is 2.34. The third-order valence-corrected chi connectivity index (χ3v) is 2.17. The van der Waals surface area contributed by atoms with Gasteiger partial charge in [-0.1, -0.05) is 17.7 Å². The molecule has 0 bridgehead atoms. The molecule has 0 aliphatic carbocycles. The zero-order valence-electron chi connectivity index (χ0n) is 8.97. The first-order valence-electron chi connectivity index (χ1n) is 4.64. The SMILES string of the molecule is COCC(C)Oc1cccc(Cl)c1[N+](=O)[O-]. The molecule has 0 aromatic heterocycles. The summed E-state index contributed by atoms with van der Waals surface area (Å²) < 4.78 is 10.3. The van der Waals surface area contributed by atoms with Crippen molar-refractivity contribution in [3.05, 3.63) is 33.3 Å². The Labute approximate surface area is 98.1 Å². The van der Waals surface area contributed by atoms with Crippen LogP contribution in [0.3, 0.4) is 0 Å². The lowest BCUT2D eigenvalue weighted by Crippen LogP contribution is -2.18. The van der Waals surface area contributed by atoms with Crippen molar-refractivity contribution in [3.63, 3.8) is 0 Å². The molecule has 5 nitrogen and oxygen atoms in total. The highest BCUT2D eigenvalue weighted by Gasteiger charge is 2.21. The zero-order valence-corrected chi connectivity index (χ0v) is 9.73. The van der Waals surface area contributed by atoms with Gasteiger partial charge in [-0.05, 0) is 19.1 Å². The second kappa shape index (κ2) is 5.67. The lowest BCUT2D eigenvalue weighted by Gasteiger charge is -2.13. The minimum absolute atomic E-state index is 0.0621. The molecule has 0 radical (unpaired) electrons. The number of benzene rings is 1. The molecular weight excluding hydrogens is 234 g/mol. The van der Waals surface area contributed by atoms with E-state index >= 15 is 0 Å². The van der Waals surface area contributed by atoms with E-state index in [9.17, 15) is 10.1 Å². The van der Waals surface area contributed by atoms with Gasteiger partial charge in [-0.2, -0.15) is 0 Å². The molecule has 0 fully saturated rings. The molecule has 1 aromatic carbocycles. The van der Waals surface area contributed by atoms with E-state index in [1.54, 1.807) is 13.0 Å². The molecule has 0 saturated heterocycles. The summed E-state index contributed by atoms with van der Waals surface area (Å²) in [5, 5.41) is 10.9. The summed E-state index contributed by atoms with van der Waals surface area (Å²) in [5.74, 6) is 0.155. The van der Waals surface area contributed by atoms with Crippen molar-refractivity contribution in [2.75, 3.05) is 13.7 Å². The first kappa shape index (κ1) is 12.7. The van der Waals surface area contributed by atoms with Crippen LogP contribution in [0.25, 0.3) is 0 Å². The van der Waals surface area contributed by atoms with Crippen molar-refractivity contribution in [1.82, 2.24) is 0 Å². The smallest absolute Gasteiger partial charge is 0.329 e. The first-order chi connectivity index (χ1) is 7.56. The number of hydrogen-bond donors (Lipinski definition) is 0. The summed E-state index contributed by atoms with van der Waals surface area (Å²) in [6, 6.07) is 4.56. The number of nitro groups is 1. The molecule has 0 heterocycles. The van der Waals surface area contributed by atoms with Crippen LogP contribution in [0.1, 0.15) is 6.92 Å². The molecule has 0 amide bonds. The van der Waals surface area contributed by atoms with E-state index in [1.165, 1.54) is 19.2 Å². The number of nitro benzene ring substituents is 1. The fourth-order valence-corrected chi connectivity index (χ4v) is 1.49. The number of rotatable bonds is 5. The molecule has 0 spiro atoms. The molecule has 1 unspecified atom stereocenters. The molecule has 1 atom stereocenters. The molecule has 0 aliphatic heterocycles. The molecule has 16 heavy (non-hydrogen) atoms. The molecular formula is C10H12ClNO4. The van der Waals surface area contributed by atoms with Gasteiger partial charge < -0.3 is 9.47 Å². The minimum atomic E-state index is -0.558. The van der Waals surface area contributed by atoms with Gasteiger partial charge in [0.05, 0.1) is 11.5 Å². The number of halogens is 1. The van der Waals surface area contributed by atoms with Gasteiger partial charge in [0.1, 0.15) is 11.1 Å². The molecule has 88 valence electrons. The molecule has 1 aromatic rings. The predicted octanol–water partition coefficient (Wildman–Crippen LogP) is 2.66. The van der Waals surface area contributed by atoms with Crippen molar-refractivity contribution >= 4 is 17.3 Å². The van der Waals surface area contributed by atoms with Gasteiger partial charge >= 0.3 is 5.69 Å². The van der Waals surface area contributed by atoms with Crippen LogP contribution in [0, 0.1) is 10.1 Å². The number of nitrogens with zero attached hydrogens (tertiary/aromatic N) is 1. The van der Waals surface area contributed by atoms with Gasteiger partial charge in [0.2, 0.25) is 0 Å². The van der Waals surface area contributed by atoms with E-state index in [2.05, 4.69) is 0 Å². The van der Waals surface area contributed by atoms with E-state index in [0.29, 0.717) is 6.61 Å². The van der Waals surface area contributed by atoms with E-state index in [4.69, 9.17) is 21.1 Å². The summed E-state index contributed by atoms with van der Waals surface area (Å²) in [4.78, 5) is 10.2. The van der Waals surface area contributed by atoms with E-state index in [-0.39, 0.29) is 22.6 Å². The monoisotopic (exact) mass is 245 g/mol. The molecule has 6 heteroatoms. The van der Waals surface area contributed by atoms with Crippen LogP contribution >= 0.6 is 11.6 Å². The Morgan fingerprint density at radius 1 is 1.56 bits per heavy atom. The quantitative estimate of drug-likeness (QED) is 0.591. The number of para-hydroxylation sites is 1. The third-order valence-electron chi connectivity index (χ3n) is 1.86. The molecule has 0 N–H and O–H groups in total. The van der Waals surface area contributed by atoms with Crippen molar-refractivity contribution in [3.8, 4) is 5.75 Å². The standard InChI is InChI=1S/C10H12ClNO4/c1-7(6-15-2)16-9-5-3-4-8(11)10(9)12(13)14/h3-5,7H,6H2,1-2H3. The fourth-order valence-electron chi connectivity index (χ4n) is 1.25. The largest absolute Gasteiger partial charge is 0.481 e. The van der Waals surface area contributed by atoms with Crippen LogP contribution in [0.15, 0.2) is 18.2 Å². The van der Waals surface area contributed by atoms with E-state index < -0.39 is 4.92 Å². The van der Waals surface area contributed by atoms with Crippen LogP contribution in [0.4, 0.5) is 5.69 Å². The van der Waals surface area contributed by atoms with Crippen LogP contribution in [-0.2, 0) is 4.74 Å².